The van der Waals surface area contributed by atoms with Crippen molar-refractivity contribution in [1.82, 2.24) is 20.6 Å². The van der Waals surface area contributed by atoms with E-state index in [9.17, 15) is 18.0 Å². The molecule has 0 fully saturated rings. The molecule has 2 heterocycles. The van der Waals surface area contributed by atoms with Gasteiger partial charge in [0, 0.05) is 21.7 Å². The zero-order chi connectivity index (χ0) is 18.0. The lowest BCUT2D eigenvalue weighted by molar-refractivity contribution is -0.114. The summed E-state index contributed by atoms with van der Waals surface area (Å²) in [5.41, 5.74) is 0. The van der Waals surface area contributed by atoms with Gasteiger partial charge in [0.15, 0.2) is 0 Å². The Morgan fingerprint density at radius 1 is 1.16 bits per heavy atom. The molecule has 2 aromatic heterocycles. The Bertz CT molecular complexity index is 1030. The summed E-state index contributed by atoms with van der Waals surface area (Å²) in [5, 5.41) is 14.0. The summed E-state index contributed by atoms with van der Waals surface area (Å²) in [6, 6.07) is 7.14. The number of tetrazole rings is 1. The van der Waals surface area contributed by atoms with E-state index in [0.717, 1.165) is 11.3 Å². The Labute approximate surface area is 150 Å². The second kappa shape index (κ2) is 6.82. The third-order valence-corrected chi connectivity index (χ3v) is 6.29. The van der Waals surface area contributed by atoms with Crippen molar-refractivity contribution in [2.75, 3.05) is 0 Å². The van der Waals surface area contributed by atoms with E-state index >= 15 is 0 Å². The second-order valence-corrected chi connectivity index (χ2v) is 8.25. The Kier molecular flexibility index (Phi) is 4.75. The van der Waals surface area contributed by atoms with E-state index in [-0.39, 0.29) is 22.0 Å². The number of carbonyl (C=O) groups excluding carboxylic acids is 2. The highest BCUT2D eigenvalue weighted by Crippen LogP contribution is 2.27. The highest BCUT2D eigenvalue weighted by atomic mass is 35.5. The van der Waals surface area contributed by atoms with Crippen LogP contribution in [0.15, 0.2) is 45.5 Å². The molecule has 8 nitrogen and oxygen atoms in total. The first-order valence-corrected chi connectivity index (χ1v) is 9.51. The molecule has 0 saturated heterocycles. The predicted molar refractivity (Wildman–Crippen MR) is 88.4 cm³/mol. The minimum absolute atomic E-state index is 0.0506. The van der Waals surface area contributed by atoms with Gasteiger partial charge >= 0.3 is 0 Å². The SMILES string of the molecule is O=C(Cc1cc(S(=O)(=O)c2ccc(Cl)cc2)cs1)C(=O)c1nn[nH]n1. The van der Waals surface area contributed by atoms with Gasteiger partial charge in [0.1, 0.15) is 0 Å². The molecule has 3 rings (SSSR count). The predicted octanol–water partition coefficient (Wildman–Crippen LogP) is 1.74. The van der Waals surface area contributed by atoms with E-state index in [2.05, 4.69) is 20.6 Å². The maximum atomic E-state index is 12.5. The molecule has 1 aromatic carbocycles. The van der Waals surface area contributed by atoms with E-state index in [4.69, 9.17) is 11.6 Å². The number of rotatable bonds is 6. The first-order valence-electron chi connectivity index (χ1n) is 6.77. The van der Waals surface area contributed by atoms with Crippen LogP contribution in [0.5, 0.6) is 0 Å². The number of halogens is 1. The lowest BCUT2D eigenvalue weighted by Crippen LogP contribution is -2.17. The lowest BCUT2D eigenvalue weighted by Gasteiger charge is -2.01. The summed E-state index contributed by atoms with van der Waals surface area (Å²) in [6.07, 6.45) is -0.242. The third-order valence-electron chi connectivity index (χ3n) is 3.20. The van der Waals surface area contributed by atoms with Crippen molar-refractivity contribution in [3.05, 3.63) is 51.4 Å². The summed E-state index contributed by atoms with van der Waals surface area (Å²) in [4.78, 5) is 24.3. The summed E-state index contributed by atoms with van der Waals surface area (Å²) >= 11 is 6.84. The van der Waals surface area contributed by atoms with Crippen LogP contribution in [0.1, 0.15) is 15.5 Å². The summed E-state index contributed by atoms with van der Waals surface area (Å²) in [6.45, 7) is 0. The molecule has 3 aromatic rings. The number of aromatic amines is 1. The van der Waals surface area contributed by atoms with Gasteiger partial charge in [-0.2, -0.15) is 5.21 Å². The highest BCUT2D eigenvalue weighted by molar-refractivity contribution is 7.91. The van der Waals surface area contributed by atoms with Crippen molar-refractivity contribution < 1.29 is 18.0 Å². The maximum Gasteiger partial charge on any atom is 0.269 e. The molecule has 0 amide bonds. The molecule has 0 aliphatic heterocycles. The maximum absolute atomic E-state index is 12.5. The average Bonchev–Trinajstić information content (AvgIpc) is 3.26. The van der Waals surface area contributed by atoms with Crippen LogP contribution in [0, 0.1) is 0 Å². The smallest absolute Gasteiger partial charge is 0.269 e. The molecular weight excluding hydrogens is 388 g/mol. The highest BCUT2D eigenvalue weighted by Gasteiger charge is 2.24. The summed E-state index contributed by atoms with van der Waals surface area (Å²) in [5.74, 6) is -1.96. The van der Waals surface area contributed by atoms with Crippen LogP contribution in [-0.4, -0.2) is 40.6 Å². The first kappa shape index (κ1) is 17.4. The number of sulfone groups is 1. The zero-order valence-corrected chi connectivity index (χ0v) is 14.7. The first-order chi connectivity index (χ1) is 11.9. The van der Waals surface area contributed by atoms with Gasteiger partial charge in [-0.25, -0.2) is 8.42 Å². The molecule has 0 aliphatic carbocycles. The molecule has 0 bridgehead atoms. The molecule has 0 radical (unpaired) electrons. The van der Waals surface area contributed by atoms with Crippen LogP contribution in [-0.2, 0) is 21.1 Å². The lowest BCUT2D eigenvalue weighted by atomic mass is 10.1. The van der Waals surface area contributed by atoms with Gasteiger partial charge in [0.05, 0.1) is 9.79 Å². The number of Topliss-reactive ketones (excluding diaryl/α,β-unsaturated/α-hetero) is 2. The fourth-order valence-corrected chi connectivity index (χ4v) is 4.63. The van der Waals surface area contributed by atoms with E-state index in [1.54, 1.807) is 0 Å². The molecule has 0 aliphatic rings. The number of nitrogens with zero attached hydrogens (tertiary/aromatic N) is 3. The van der Waals surface area contributed by atoms with Crippen molar-refractivity contribution in [1.29, 1.82) is 0 Å². The van der Waals surface area contributed by atoms with E-state index < -0.39 is 21.4 Å². The number of hydrogen-bond donors (Lipinski definition) is 1. The van der Waals surface area contributed by atoms with Gasteiger partial charge < -0.3 is 0 Å². The molecule has 11 heteroatoms. The van der Waals surface area contributed by atoms with Gasteiger partial charge in [-0.15, -0.1) is 21.5 Å². The molecular formula is C14H9ClN4O4S2. The average molecular weight is 397 g/mol. The number of nitrogens with one attached hydrogen (secondary N) is 1. The van der Waals surface area contributed by atoms with Crippen LogP contribution >= 0.6 is 22.9 Å². The van der Waals surface area contributed by atoms with E-state index in [1.165, 1.54) is 35.7 Å². The Morgan fingerprint density at radius 2 is 1.88 bits per heavy atom. The number of ketones is 2. The number of H-pyrrole nitrogens is 1. The van der Waals surface area contributed by atoms with Gasteiger partial charge in [0.2, 0.25) is 21.4 Å². The fourth-order valence-electron chi connectivity index (χ4n) is 1.97. The molecule has 0 unspecified atom stereocenters. The quantitative estimate of drug-likeness (QED) is 0.497. The van der Waals surface area contributed by atoms with Gasteiger partial charge in [0.25, 0.3) is 5.78 Å². The normalized spacial score (nSPS) is 11.4. The number of aromatic nitrogens is 4. The molecule has 0 saturated carbocycles. The number of hydrogen-bond acceptors (Lipinski definition) is 8. The van der Waals surface area contributed by atoms with Crippen molar-refractivity contribution in [2.24, 2.45) is 0 Å². The topological polar surface area (TPSA) is 123 Å². The van der Waals surface area contributed by atoms with E-state index in [1.807, 2.05) is 0 Å². The molecule has 128 valence electrons. The number of carbonyl (C=O) groups is 2. The van der Waals surface area contributed by atoms with Crippen LogP contribution in [0.2, 0.25) is 5.02 Å². The zero-order valence-electron chi connectivity index (χ0n) is 12.3. The molecule has 25 heavy (non-hydrogen) atoms. The summed E-state index contributed by atoms with van der Waals surface area (Å²) < 4.78 is 25.1. The molecule has 1 N–H and O–H groups in total. The second-order valence-electron chi connectivity index (χ2n) is 4.87. The number of thiophene rings is 1. The Morgan fingerprint density at radius 3 is 2.52 bits per heavy atom. The van der Waals surface area contributed by atoms with Crippen LogP contribution < -0.4 is 0 Å². The Balaban J connectivity index is 1.79. The largest absolute Gasteiger partial charge is 0.290 e. The van der Waals surface area contributed by atoms with Gasteiger partial charge in [-0.1, -0.05) is 11.6 Å². The molecule has 0 spiro atoms. The monoisotopic (exact) mass is 396 g/mol. The fraction of sp³-hybridized carbons (Fsp3) is 0.0714. The van der Waals surface area contributed by atoms with Crippen molar-refractivity contribution in [2.45, 2.75) is 16.2 Å². The number of benzene rings is 1. The van der Waals surface area contributed by atoms with Crippen molar-refractivity contribution in [3.63, 3.8) is 0 Å². The molecule has 0 atom stereocenters. The standard InChI is InChI=1S/C14H9ClN4O4S2/c15-8-1-3-10(4-2-8)25(22,23)11-5-9(24-7-11)6-12(20)13(21)14-16-18-19-17-14/h1-5,7H,6H2,(H,16,17,18,19). The minimum atomic E-state index is -3.72. The van der Waals surface area contributed by atoms with Crippen molar-refractivity contribution in [3.8, 4) is 0 Å². The van der Waals surface area contributed by atoms with Gasteiger partial charge in [-0.05, 0) is 35.5 Å². The van der Waals surface area contributed by atoms with Gasteiger partial charge in [-0.3, -0.25) is 9.59 Å². The van der Waals surface area contributed by atoms with Crippen LogP contribution in [0.4, 0.5) is 0 Å². The van der Waals surface area contributed by atoms with Crippen LogP contribution in [0.25, 0.3) is 0 Å². The minimum Gasteiger partial charge on any atom is -0.290 e. The summed E-state index contributed by atoms with van der Waals surface area (Å²) in [7, 11) is -3.72. The Hall–Kier alpha value is -2.43. The van der Waals surface area contributed by atoms with Crippen LogP contribution in [0.3, 0.4) is 0 Å². The van der Waals surface area contributed by atoms with Crippen molar-refractivity contribution >= 4 is 44.3 Å². The third kappa shape index (κ3) is 3.65. The van der Waals surface area contributed by atoms with E-state index in [0.29, 0.717) is 9.90 Å².